The van der Waals surface area contributed by atoms with Gasteiger partial charge in [-0.15, -0.1) is 12.4 Å². The first-order chi connectivity index (χ1) is 7.66. The second kappa shape index (κ2) is 5.95. The minimum absolute atomic E-state index is 0. The molecule has 0 saturated heterocycles. The van der Waals surface area contributed by atoms with Crippen molar-refractivity contribution in [1.82, 2.24) is 0 Å². The molecule has 0 radical (unpaired) electrons. The smallest absolute Gasteiger partial charge is 0.163 e. The van der Waals surface area contributed by atoms with Crippen LogP contribution in [0.15, 0.2) is 12.1 Å². The number of rotatable bonds is 2. The van der Waals surface area contributed by atoms with Gasteiger partial charge in [-0.25, -0.2) is 8.78 Å². The van der Waals surface area contributed by atoms with Gasteiger partial charge in [0, 0.05) is 5.56 Å². The summed E-state index contributed by atoms with van der Waals surface area (Å²) in [6.07, 6.45) is -0.945. The highest BCUT2D eigenvalue weighted by molar-refractivity contribution is 5.85. The summed E-state index contributed by atoms with van der Waals surface area (Å²) in [5.41, 5.74) is 5.53. The van der Waals surface area contributed by atoms with Crippen molar-refractivity contribution in [3.8, 4) is 0 Å². The molecule has 1 aromatic rings. The Labute approximate surface area is 113 Å². The van der Waals surface area contributed by atoms with E-state index in [1.54, 1.807) is 20.8 Å². The second-order valence-electron chi connectivity index (χ2n) is 5.44. The molecule has 1 aromatic carbocycles. The number of aryl methyl sites for hydroxylation is 1. The number of hydrogen-bond acceptors (Lipinski definition) is 2. The van der Waals surface area contributed by atoms with Crippen molar-refractivity contribution in [2.45, 2.75) is 39.8 Å². The van der Waals surface area contributed by atoms with Gasteiger partial charge in [0.05, 0.1) is 12.1 Å². The Morgan fingerprint density at radius 2 is 1.67 bits per heavy atom. The molecule has 0 spiro atoms. The first-order valence-corrected chi connectivity index (χ1v) is 5.54. The number of aliphatic hydroxyl groups excluding tert-OH is 1. The van der Waals surface area contributed by atoms with Crippen LogP contribution in [0.2, 0.25) is 0 Å². The van der Waals surface area contributed by atoms with Gasteiger partial charge >= 0.3 is 0 Å². The molecule has 18 heavy (non-hydrogen) atoms. The summed E-state index contributed by atoms with van der Waals surface area (Å²) in [7, 11) is 0. The molecule has 0 amide bonds. The van der Waals surface area contributed by atoms with E-state index >= 15 is 0 Å². The Bertz CT molecular complexity index is 418. The van der Waals surface area contributed by atoms with Crippen molar-refractivity contribution in [1.29, 1.82) is 0 Å². The zero-order chi connectivity index (χ0) is 13.4. The van der Waals surface area contributed by atoms with Gasteiger partial charge in [-0.3, -0.25) is 0 Å². The molecule has 5 heteroatoms. The predicted molar refractivity (Wildman–Crippen MR) is 70.7 cm³/mol. The van der Waals surface area contributed by atoms with E-state index in [9.17, 15) is 13.9 Å². The molecule has 0 aliphatic heterocycles. The lowest BCUT2D eigenvalue weighted by Gasteiger charge is -2.31. The van der Waals surface area contributed by atoms with E-state index in [-0.39, 0.29) is 23.5 Å². The zero-order valence-electron chi connectivity index (χ0n) is 11.0. The maximum absolute atomic E-state index is 13.7. The summed E-state index contributed by atoms with van der Waals surface area (Å²) < 4.78 is 27.1. The molecule has 0 aliphatic rings. The van der Waals surface area contributed by atoms with Crippen LogP contribution in [0, 0.1) is 24.0 Å². The average molecular weight is 280 g/mol. The lowest BCUT2D eigenvalue weighted by molar-refractivity contribution is 0.0390. The second-order valence-corrected chi connectivity index (χ2v) is 5.44. The topological polar surface area (TPSA) is 46.2 Å². The minimum atomic E-state index is -0.971. The first kappa shape index (κ1) is 17.3. The summed E-state index contributed by atoms with van der Waals surface area (Å²) in [6.45, 7) is 6.85. The van der Waals surface area contributed by atoms with E-state index in [1.165, 1.54) is 19.1 Å². The zero-order valence-corrected chi connectivity index (χ0v) is 11.8. The van der Waals surface area contributed by atoms with Crippen LogP contribution in [0.1, 0.15) is 37.9 Å². The molecule has 0 unspecified atom stereocenters. The maximum Gasteiger partial charge on any atom is 0.163 e. The van der Waals surface area contributed by atoms with E-state index in [2.05, 4.69) is 0 Å². The van der Waals surface area contributed by atoms with Gasteiger partial charge in [0.15, 0.2) is 11.6 Å². The molecular weight excluding hydrogens is 260 g/mol. The van der Waals surface area contributed by atoms with Crippen LogP contribution in [0.4, 0.5) is 8.78 Å². The molecule has 2 nitrogen and oxygen atoms in total. The molecule has 0 saturated carbocycles. The van der Waals surface area contributed by atoms with Crippen LogP contribution in [0.5, 0.6) is 0 Å². The third-order valence-corrected chi connectivity index (χ3v) is 2.89. The number of halogens is 3. The minimum Gasteiger partial charge on any atom is -0.391 e. The van der Waals surface area contributed by atoms with Gasteiger partial charge in [0.2, 0.25) is 0 Å². The average Bonchev–Trinajstić information content (AvgIpc) is 2.23. The molecule has 2 atom stereocenters. The third-order valence-electron chi connectivity index (χ3n) is 2.89. The van der Waals surface area contributed by atoms with Crippen LogP contribution in [-0.2, 0) is 0 Å². The summed E-state index contributed by atoms with van der Waals surface area (Å²) >= 11 is 0. The van der Waals surface area contributed by atoms with Crippen LogP contribution in [0.25, 0.3) is 0 Å². The Hall–Kier alpha value is -0.710. The lowest BCUT2D eigenvalue weighted by atomic mass is 9.82. The largest absolute Gasteiger partial charge is 0.391 e. The van der Waals surface area contributed by atoms with Gasteiger partial charge in [-0.05, 0) is 17.9 Å². The van der Waals surface area contributed by atoms with E-state index < -0.39 is 29.2 Å². The highest BCUT2D eigenvalue weighted by Crippen LogP contribution is 2.30. The molecule has 0 heterocycles. The Kier molecular flexibility index (Phi) is 5.72. The Morgan fingerprint density at radius 1 is 1.17 bits per heavy atom. The Morgan fingerprint density at radius 3 is 2.11 bits per heavy atom. The molecule has 1 rings (SSSR count). The fraction of sp³-hybridized carbons (Fsp3) is 0.538. The lowest BCUT2D eigenvalue weighted by Crippen LogP contribution is -2.37. The number of benzene rings is 1. The highest BCUT2D eigenvalue weighted by atomic mass is 35.5. The highest BCUT2D eigenvalue weighted by Gasteiger charge is 2.31. The molecule has 0 aromatic heterocycles. The van der Waals surface area contributed by atoms with Crippen molar-refractivity contribution in [3.05, 3.63) is 34.9 Å². The number of aliphatic hydroxyl groups is 1. The molecular formula is C13H20ClF2NO. The van der Waals surface area contributed by atoms with Crippen LogP contribution >= 0.6 is 12.4 Å². The monoisotopic (exact) mass is 279 g/mol. The van der Waals surface area contributed by atoms with Gasteiger partial charge < -0.3 is 10.8 Å². The normalized spacial score (nSPS) is 14.9. The van der Waals surface area contributed by atoms with Crippen molar-refractivity contribution in [2.24, 2.45) is 11.1 Å². The van der Waals surface area contributed by atoms with E-state index in [0.717, 1.165) is 0 Å². The first-order valence-electron chi connectivity index (χ1n) is 5.54. The maximum atomic E-state index is 13.7. The van der Waals surface area contributed by atoms with Gasteiger partial charge in [-0.2, -0.15) is 0 Å². The fourth-order valence-corrected chi connectivity index (χ4v) is 1.63. The van der Waals surface area contributed by atoms with Crippen LogP contribution in [-0.4, -0.2) is 11.2 Å². The third kappa shape index (κ3) is 3.40. The van der Waals surface area contributed by atoms with Gasteiger partial charge in [0.1, 0.15) is 0 Å². The molecule has 3 N–H and O–H groups in total. The van der Waals surface area contributed by atoms with Crippen molar-refractivity contribution in [2.75, 3.05) is 0 Å². The quantitative estimate of drug-likeness (QED) is 0.874. The summed E-state index contributed by atoms with van der Waals surface area (Å²) in [5, 5.41) is 9.98. The Balaban J connectivity index is 0.00000289. The predicted octanol–water partition coefficient (Wildman–Crippen LogP) is 3.10. The standard InChI is InChI=1S/C13H19F2NO.ClH/c1-7-5-6-8(10(15)9(7)14)11(16)12(17)13(2,3)4;/h5-6,11-12,17H,16H2,1-4H3;1H/t11-,12-;/m1./s1. The molecule has 0 fully saturated rings. The molecule has 0 bridgehead atoms. The van der Waals surface area contributed by atoms with E-state index in [0.29, 0.717) is 0 Å². The van der Waals surface area contributed by atoms with Crippen molar-refractivity contribution >= 4 is 12.4 Å². The van der Waals surface area contributed by atoms with Crippen molar-refractivity contribution < 1.29 is 13.9 Å². The van der Waals surface area contributed by atoms with Crippen LogP contribution in [0.3, 0.4) is 0 Å². The molecule has 104 valence electrons. The summed E-state index contributed by atoms with van der Waals surface area (Å²) in [5.74, 6) is -1.88. The summed E-state index contributed by atoms with van der Waals surface area (Å²) in [6, 6.07) is 1.95. The SMILES string of the molecule is Cc1ccc([C@@H](N)[C@@H](O)C(C)(C)C)c(F)c1F.Cl. The van der Waals surface area contributed by atoms with Crippen LogP contribution < -0.4 is 5.73 Å². The summed E-state index contributed by atoms with van der Waals surface area (Å²) in [4.78, 5) is 0. The van der Waals surface area contributed by atoms with E-state index in [1.807, 2.05) is 0 Å². The van der Waals surface area contributed by atoms with E-state index in [4.69, 9.17) is 5.73 Å². The fourth-order valence-electron chi connectivity index (χ4n) is 1.63. The number of hydrogen-bond donors (Lipinski definition) is 2. The van der Waals surface area contributed by atoms with Crippen molar-refractivity contribution in [3.63, 3.8) is 0 Å². The van der Waals surface area contributed by atoms with Gasteiger partial charge in [0.25, 0.3) is 0 Å². The molecule has 0 aliphatic carbocycles. The number of nitrogens with two attached hydrogens (primary N) is 1. The van der Waals surface area contributed by atoms with Gasteiger partial charge in [-0.1, -0.05) is 32.9 Å².